The third kappa shape index (κ3) is 6.55. The van der Waals surface area contributed by atoms with Gasteiger partial charge in [-0.3, -0.25) is 0 Å². The van der Waals surface area contributed by atoms with Gasteiger partial charge in [0, 0.05) is 55.3 Å². The van der Waals surface area contributed by atoms with Gasteiger partial charge in [0.1, 0.15) is 5.82 Å². The fraction of sp³-hybridized carbons (Fsp3) is 0.600. The number of nitrogens with one attached hydrogen (secondary N) is 3. The Morgan fingerprint density at radius 1 is 1.15 bits per heavy atom. The highest BCUT2D eigenvalue weighted by Crippen LogP contribution is 2.45. The van der Waals surface area contributed by atoms with Crippen molar-refractivity contribution in [3.63, 3.8) is 0 Å². The minimum atomic E-state index is -0.489. The van der Waals surface area contributed by atoms with Crippen LogP contribution in [0.1, 0.15) is 52.4 Å². The normalized spacial score (nSPS) is 22.6. The predicted octanol–water partition coefficient (Wildman–Crippen LogP) is 5.50. The average molecular weight is 476 g/mol. The second-order valence-corrected chi connectivity index (χ2v) is 10.4. The summed E-state index contributed by atoms with van der Waals surface area (Å²) in [6, 6.07) is 4.98. The minimum Gasteiger partial charge on any atom is -0.383 e. The molecule has 0 bridgehead atoms. The number of halogens is 2. The van der Waals surface area contributed by atoms with E-state index in [2.05, 4.69) is 39.8 Å². The summed E-state index contributed by atoms with van der Waals surface area (Å²) in [6.45, 7) is 5.83. The van der Waals surface area contributed by atoms with E-state index in [1.165, 1.54) is 19.0 Å². The van der Waals surface area contributed by atoms with Gasteiger partial charge in [0.2, 0.25) is 5.95 Å². The van der Waals surface area contributed by atoms with Crippen LogP contribution in [-0.4, -0.2) is 48.4 Å². The molecule has 2 aromatic heterocycles. The molecule has 180 valence electrons. The zero-order valence-corrected chi connectivity index (χ0v) is 20.5. The van der Waals surface area contributed by atoms with Crippen molar-refractivity contribution < 1.29 is 9.13 Å². The molecule has 2 aliphatic rings. The average Bonchev–Trinajstić information content (AvgIpc) is 3.53. The van der Waals surface area contributed by atoms with E-state index in [0.29, 0.717) is 28.8 Å². The van der Waals surface area contributed by atoms with E-state index in [4.69, 9.17) is 16.3 Å². The molecule has 8 heteroatoms. The van der Waals surface area contributed by atoms with Crippen LogP contribution >= 0.6 is 11.6 Å². The summed E-state index contributed by atoms with van der Waals surface area (Å²) in [6.07, 6.45) is 9.89. The van der Waals surface area contributed by atoms with Crippen LogP contribution in [0.25, 0.3) is 11.1 Å². The molecule has 4 rings (SSSR count). The quantitative estimate of drug-likeness (QED) is 0.394. The molecule has 0 amide bonds. The molecule has 0 saturated heterocycles. The van der Waals surface area contributed by atoms with Crippen molar-refractivity contribution in [3.8, 4) is 11.1 Å². The lowest BCUT2D eigenvalue weighted by atomic mass is 9.90. The van der Waals surface area contributed by atoms with Gasteiger partial charge >= 0.3 is 0 Å². The van der Waals surface area contributed by atoms with Gasteiger partial charge in [-0.2, -0.15) is 4.39 Å². The highest BCUT2D eigenvalue weighted by Gasteiger charge is 2.37. The number of hydrogen-bond acceptors (Lipinski definition) is 6. The third-order valence-corrected chi connectivity index (χ3v) is 7.13. The Labute approximate surface area is 201 Å². The Kier molecular flexibility index (Phi) is 7.72. The summed E-state index contributed by atoms with van der Waals surface area (Å²) in [7, 11) is 1.74. The van der Waals surface area contributed by atoms with Gasteiger partial charge < -0.3 is 20.7 Å². The summed E-state index contributed by atoms with van der Waals surface area (Å²) < 4.78 is 19.5. The molecule has 3 N–H and O–H groups in total. The van der Waals surface area contributed by atoms with E-state index in [1.54, 1.807) is 19.4 Å². The molecule has 2 fully saturated rings. The van der Waals surface area contributed by atoms with Gasteiger partial charge in [0.05, 0.1) is 17.3 Å². The Morgan fingerprint density at radius 2 is 1.88 bits per heavy atom. The van der Waals surface area contributed by atoms with Crippen molar-refractivity contribution in [3.05, 3.63) is 35.5 Å². The molecule has 2 heterocycles. The zero-order chi connectivity index (χ0) is 23.4. The molecule has 1 atom stereocenters. The Bertz CT molecular complexity index is 946. The predicted molar refractivity (Wildman–Crippen MR) is 132 cm³/mol. The lowest BCUT2D eigenvalue weighted by Gasteiger charge is -2.32. The van der Waals surface area contributed by atoms with Crippen molar-refractivity contribution >= 4 is 23.1 Å². The first kappa shape index (κ1) is 24.2. The highest BCUT2D eigenvalue weighted by molar-refractivity contribution is 6.33. The van der Waals surface area contributed by atoms with Crippen LogP contribution in [-0.2, 0) is 4.74 Å². The molecule has 0 aromatic carbocycles. The molecule has 2 aliphatic carbocycles. The second kappa shape index (κ2) is 10.5. The summed E-state index contributed by atoms with van der Waals surface area (Å²) in [5.41, 5.74) is 2.25. The topological polar surface area (TPSA) is 71.1 Å². The first-order valence-corrected chi connectivity index (χ1v) is 12.3. The van der Waals surface area contributed by atoms with Crippen molar-refractivity contribution in [2.45, 2.75) is 70.5 Å². The largest absolute Gasteiger partial charge is 0.383 e. The van der Waals surface area contributed by atoms with Gasteiger partial charge in [-0.1, -0.05) is 18.5 Å². The third-order valence-electron chi connectivity index (χ3n) is 6.83. The lowest BCUT2D eigenvalue weighted by Crippen LogP contribution is -2.42. The van der Waals surface area contributed by atoms with Crippen LogP contribution < -0.4 is 16.0 Å². The summed E-state index contributed by atoms with van der Waals surface area (Å²) in [4.78, 5) is 8.45. The van der Waals surface area contributed by atoms with Crippen LogP contribution in [0.15, 0.2) is 24.5 Å². The van der Waals surface area contributed by atoms with E-state index in [1.807, 2.05) is 6.07 Å². The maximum Gasteiger partial charge on any atom is 0.236 e. The molecule has 33 heavy (non-hydrogen) atoms. The van der Waals surface area contributed by atoms with Crippen LogP contribution in [0.2, 0.25) is 5.02 Å². The molecule has 0 radical (unpaired) electrons. The smallest absolute Gasteiger partial charge is 0.236 e. The number of pyridine rings is 2. The number of rotatable bonds is 10. The molecule has 2 aromatic rings. The Balaban J connectivity index is 1.39. The van der Waals surface area contributed by atoms with Gasteiger partial charge in [0.15, 0.2) is 0 Å². The highest BCUT2D eigenvalue weighted by atomic mass is 35.5. The Hall–Kier alpha value is -1.96. The first-order chi connectivity index (χ1) is 15.8. The van der Waals surface area contributed by atoms with Gasteiger partial charge in [0.25, 0.3) is 0 Å². The molecule has 0 spiro atoms. The van der Waals surface area contributed by atoms with Crippen molar-refractivity contribution in [2.24, 2.45) is 5.41 Å². The Morgan fingerprint density at radius 3 is 2.58 bits per heavy atom. The van der Waals surface area contributed by atoms with Crippen LogP contribution in [0.3, 0.4) is 0 Å². The number of methoxy groups -OCH3 is 1. The van der Waals surface area contributed by atoms with E-state index in [9.17, 15) is 4.39 Å². The molecule has 2 saturated carbocycles. The SMILES string of the molecule is COC[C@H](C)NC1CCC(Nc2cc(-c3cnc(F)c(NCC4(C)CC4)c3)c(Cl)cn2)CC1. The van der Waals surface area contributed by atoms with E-state index in [-0.39, 0.29) is 5.41 Å². The molecule has 6 nitrogen and oxygen atoms in total. The van der Waals surface area contributed by atoms with Crippen molar-refractivity contribution in [1.82, 2.24) is 15.3 Å². The van der Waals surface area contributed by atoms with Gasteiger partial charge in [-0.25, -0.2) is 9.97 Å². The summed E-state index contributed by atoms with van der Waals surface area (Å²) in [5, 5.41) is 11.0. The van der Waals surface area contributed by atoms with E-state index >= 15 is 0 Å². The maximum absolute atomic E-state index is 14.3. The number of ether oxygens (including phenoxy) is 1. The molecule has 0 unspecified atom stereocenters. The molecular weight excluding hydrogens is 441 g/mol. The summed E-state index contributed by atoms with van der Waals surface area (Å²) in [5.74, 6) is 0.291. The lowest BCUT2D eigenvalue weighted by molar-refractivity contribution is 0.161. The number of hydrogen-bond donors (Lipinski definition) is 3. The number of anilines is 2. The van der Waals surface area contributed by atoms with E-state index < -0.39 is 5.95 Å². The fourth-order valence-corrected chi connectivity index (χ4v) is 4.68. The minimum absolute atomic E-state index is 0.268. The van der Waals surface area contributed by atoms with Gasteiger partial charge in [-0.05, 0) is 63.0 Å². The van der Waals surface area contributed by atoms with Crippen LogP contribution in [0, 0.1) is 11.4 Å². The number of aromatic nitrogens is 2. The fourth-order valence-electron chi connectivity index (χ4n) is 4.47. The molecule has 0 aliphatic heterocycles. The van der Waals surface area contributed by atoms with Crippen molar-refractivity contribution in [2.75, 3.05) is 30.9 Å². The van der Waals surface area contributed by atoms with Crippen LogP contribution in [0.5, 0.6) is 0 Å². The standard InChI is InChI=1S/C25H35ClFN5O/c1-16(14-33-3)31-18-4-6-19(7-5-18)32-23-11-20(21(26)13-28-23)17-10-22(24(27)29-12-17)30-15-25(2)8-9-25/h10-13,16,18-19,30-31H,4-9,14-15H2,1-3H3,(H,28,32)/t16-,18?,19?/m0/s1. The summed E-state index contributed by atoms with van der Waals surface area (Å²) >= 11 is 6.47. The zero-order valence-electron chi connectivity index (χ0n) is 19.8. The monoisotopic (exact) mass is 475 g/mol. The first-order valence-electron chi connectivity index (χ1n) is 11.9. The van der Waals surface area contributed by atoms with Crippen molar-refractivity contribution in [1.29, 1.82) is 0 Å². The molecular formula is C25H35ClFN5O. The van der Waals surface area contributed by atoms with Crippen LogP contribution in [0.4, 0.5) is 15.9 Å². The van der Waals surface area contributed by atoms with Gasteiger partial charge in [-0.15, -0.1) is 0 Å². The number of nitrogens with zero attached hydrogens (tertiary/aromatic N) is 2. The van der Waals surface area contributed by atoms with E-state index in [0.717, 1.165) is 55.8 Å². The maximum atomic E-state index is 14.3. The second-order valence-electron chi connectivity index (χ2n) is 9.99.